The molecular formula is C21H19FN6O4. The topological polar surface area (TPSA) is 115 Å². The summed E-state index contributed by atoms with van der Waals surface area (Å²) in [5.41, 5.74) is 2.61. The number of halogens is 1. The summed E-state index contributed by atoms with van der Waals surface area (Å²) in [6.45, 7) is 0.539. The summed E-state index contributed by atoms with van der Waals surface area (Å²) in [5.74, 6) is -0.480. The highest BCUT2D eigenvalue weighted by Gasteiger charge is 2.33. The minimum Gasteiger partial charge on any atom is -0.442 e. The standard InChI is InChI=1S/C21H19FN6O4/c22-18-7-14(28-11-16(31-21(28)30)10-27-6-5-24-26-27)2-3-17(18)13-1-4-19(23-9-13)20-8-15(12-29)32-25-20/h1-7,9,15-16,29H,8,10-12H2/t15-,16?/m1/s1. The van der Waals surface area contributed by atoms with Crippen LogP contribution in [0.25, 0.3) is 11.1 Å². The highest BCUT2D eigenvalue weighted by molar-refractivity contribution is 5.99. The summed E-state index contributed by atoms with van der Waals surface area (Å²) in [6.07, 6.45) is 3.96. The highest BCUT2D eigenvalue weighted by Crippen LogP contribution is 2.29. The maximum Gasteiger partial charge on any atom is 0.414 e. The van der Waals surface area contributed by atoms with Crippen molar-refractivity contribution in [2.24, 2.45) is 5.16 Å². The van der Waals surface area contributed by atoms with Gasteiger partial charge in [-0.05, 0) is 24.3 Å². The number of anilines is 1. The second-order valence-electron chi connectivity index (χ2n) is 7.49. The first-order chi connectivity index (χ1) is 15.6. The van der Waals surface area contributed by atoms with Crippen LogP contribution >= 0.6 is 0 Å². The first-order valence-electron chi connectivity index (χ1n) is 10.0. The molecule has 5 rings (SSSR count). The van der Waals surface area contributed by atoms with Gasteiger partial charge in [-0.25, -0.2) is 13.9 Å². The lowest BCUT2D eigenvalue weighted by atomic mass is 10.0. The molecule has 1 saturated heterocycles. The molecule has 3 aromatic rings. The van der Waals surface area contributed by atoms with Gasteiger partial charge in [-0.15, -0.1) is 5.10 Å². The lowest BCUT2D eigenvalue weighted by molar-refractivity contribution is 0.0390. The number of carbonyl (C=O) groups is 1. The van der Waals surface area contributed by atoms with Gasteiger partial charge < -0.3 is 14.7 Å². The molecule has 11 heteroatoms. The van der Waals surface area contributed by atoms with Crippen LogP contribution in [0.2, 0.25) is 0 Å². The monoisotopic (exact) mass is 438 g/mol. The Morgan fingerprint density at radius 1 is 1.22 bits per heavy atom. The van der Waals surface area contributed by atoms with Crippen molar-refractivity contribution in [3.05, 3.63) is 60.4 Å². The third-order valence-electron chi connectivity index (χ3n) is 5.31. The van der Waals surface area contributed by atoms with Crippen LogP contribution in [0, 0.1) is 5.82 Å². The molecule has 1 unspecified atom stereocenters. The first-order valence-corrected chi connectivity index (χ1v) is 10.0. The van der Waals surface area contributed by atoms with Crippen molar-refractivity contribution < 1.29 is 23.9 Å². The Morgan fingerprint density at radius 3 is 2.81 bits per heavy atom. The normalized spacial score (nSPS) is 20.2. The quantitative estimate of drug-likeness (QED) is 0.626. The first kappa shape index (κ1) is 20.1. The van der Waals surface area contributed by atoms with E-state index in [9.17, 15) is 9.18 Å². The van der Waals surface area contributed by atoms with E-state index in [1.54, 1.807) is 47.5 Å². The van der Waals surface area contributed by atoms with E-state index in [-0.39, 0.29) is 19.3 Å². The van der Waals surface area contributed by atoms with Gasteiger partial charge in [0.1, 0.15) is 17.6 Å². The summed E-state index contributed by atoms with van der Waals surface area (Å²) < 4.78 is 21.9. The molecule has 2 atom stereocenters. The fourth-order valence-corrected chi connectivity index (χ4v) is 3.67. The predicted octanol–water partition coefficient (Wildman–Crippen LogP) is 1.99. The lowest BCUT2D eigenvalue weighted by Gasteiger charge is -2.14. The largest absolute Gasteiger partial charge is 0.442 e. The number of nitrogens with zero attached hydrogens (tertiary/aromatic N) is 6. The van der Waals surface area contributed by atoms with Crippen molar-refractivity contribution in [2.75, 3.05) is 18.1 Å². The molecule has 0 bridgehead atoms. The smallest absolute Gasteiger partial charge is 0.414 e. The van der Waals surface area contributed by atoms with E-state index in [2.05, 4.69) is 20.5 Å². The van der Waals surface area contributed by atoms with Crippen molar-refractivity contribution in [3.8, 4) is 11.1 Å². The van der Waals surface area contributed by atoms with Gasteiger partial charge >= 0.3 is 6.09 Å². The summed E-state index contributed by atoms with van der Waals surface area (Å²) in [5, 5.41) is 20.7. The van der Waals surface area contributed by atoms with Gasteiger partial charge in [0.05, 0.1) is 37.3 Å². The van der Waals surface area contributed by atoms with Gasteiger partial charge in [-0.1, -0.05) is 16.4 Å². The number of oxime groups is 1. The maximum atomic E-state index is 14.9. The number of hydrogen-bond donors (Lipinski definition) is 1. The van der Waals surface area contributed by atoms with Crippen molar-refractivity contribution in [1.82, 2.24) is 20.0 Å². The summed E-state index contributed by atoms with van der Waals surface area (Å²) >= 11 is 0. The molecule has 2 aliphatic heterocycles. The number of rotatable bonds is 6. The SMILES string of the molecule is O=C1OC(Cn2ccnn2)CN1c1ccc(-c2ccc(C3=NO[C@@H](CO)C3)nc2)c(F)c1. The van der Waals surface area contributed by atoms with Gasteiger partial charge in [0, 0.05) is 29.9 Å². The number of hydrogen-bond acceptors (Lipinski definition) is 8. The average Bonchev–Trinajstić information content (AvgIpc) is 3.56. The zero-order valence-corrected chi connectivity index (χ0v) is 16.8. The van der Waals surface area contributed by atoms with E-state index in [1.807, 2.05) is 0 Å². The summed E-state index contributed by atoms with van der Waals surface area (Å²) in [6, 6.07) is 8.07. The number of aliphatic hydroxyl groups is 1. The third-order valence-corrected chi connectivity index (χ3v) is 5.31. The molecule has 0 radical (unpaired) electrons. The summed E-state index contributed by atoms with van der Waals surface area (Å²) in [7, 11) is 0. The van der Waals surface area contributed by atoms with Crippen LogP contribution in [-0.2, 0) is 16.1 Å². The van der Waals surface area contributed by atoms with Crippen LogP contribution < -0.4 is 4.90 Å². The van der Waals surface area contributed by atoms with Crippen LogP contribution in [0.15, 0.2) is 54.1 Å². The molecule has 164 valence electrons. The Labute approximate surface area is 181 Å². The van der Waals surface area contributed by atoms with Crippen molar-refractivity contribution in [2.45, 2.75) is 25.2 Å². The minimum absolute atomic E-state index is 0.117. The highest BCUT2D eigenvalue weighted by atomic mass is 19.1. The van der Waals surface area contributed by atoms with Crippen LogP contribution in [0.3, 0.4) is 0 Å². The Balaban J connectivity index is 1.30. The van der Waals surface area contributed by atoms with Crippen molar-refractivity contribution in [3.63, 3.8) is 0 Å². The molecule has 1 amide bonds. The zero-order chi connectivity index (χ0) is 22.1. The van der Waals surface area contributed by atoms with E-state index >= 15 is 0 Å². The molecule has 1 aromatic carbocycles. The second kappa shape index (κ2) is 8.35. The molecule has 1 fully saturated rings. The number of carbonyl (C=O) groups excluding carboxylic acids is 1. The number of aromatic nitrogens is 4. The van der Waals surface area contributed by atoms with Crippen LogP contribution in [0.1, 0.15) is 12.1 Å². The molecule has 1 N–H and O–H groups in total. The molecule has 32 heavy (non-hydrogen) atoms. The van der Waals surface area contributed by atoms with Gasteiger partial charge in [0.25, 0.3) is 0 Å². The predicted molar refractivity (Wildman–Crippen MR) is 110 cm³/mol. The van der Waals surface area contributed by atoms with Gasteiger partial charge in [-0.2, -0.15) is 0 Å². The number of aliphatic hydroxyl groups excluding tert-OH is 1. The van der Waals surface area contributed by atoms with E-state index in [4.69, 9.17) is 14.7 Å². The third kappa shape index (κ3) is 3.89. The number of benzene rings is 1. The number of cyclic esters (lactones) is 1. The molecular weight excluding hydrogens is 419 g/mol. The van der Waals surface area contributed by atoms with Gasteiger partial charge in [-0.3, -0.25) is 9.88 Å². The molecule has 0 aliphatic carbocycles. The minimum atomic E-state index is -0.533. The zero-order valence-electron chi connectivity index (χ0n) is 16.8. The Hall–Kier alpha value is -3.86. The fraction of sp³-hybridized carbons (Fsp3) is 0.286. The van der Waals surface area contributed by atoms with E-state index in [1.165, 1.54) is 11.0 Å². The molecule has 0 spiro atoms. The maximum absolute atomic E-state index is 14.9. The van der Waals surface area contributed by atoms with Crippen molar-refractivity contribution in [1.29, 1.82) is 0 Å². The second-order valence-corrected chi connectivity index (χ2v) is 7.49. The number of amides is 1. The van der Waals surface area contributed by atoms with E-state index in [0.29, 0.717) is 41.2 Å². The molecule has 2 aromatic heterocycles. The summed E-state index contributed by atoms with van der Waals surface area (Å²) in [4.78, 5) is 23.1. The van der Waals surface area contributed by atoms with Gasteiger partial charge in [0.2, 0.25) is 0 Å². The Bertz CT molecular complexity index is 1150. The van der Waals surface area contributed by atoms with Crippen LogP contribution in [0.4, 0.5) is 14.9 Å². The number of ether oxygens (including phenoxy) is 1. The van der Waals surface area contributed by atoms with E-state index in [0.717, 1.165) is 0 Å². The molecule has 10 nitrogen and oxygen atoms in total. The van der Waals surface area contributed by atoms with Gasteiger partial charge in [0.15, 0.2) is 6.10 Å². The fourth-order valence-electron chi connectivity index (χ4n) is 3.67. The van der Waals surface area contributed by atoms with E-state index < -0.39 is 18.0 Å². The average molecular weight is 438 g/mol. The number of pyridine rings is 1. The Morgan fingerprint density at radius 2 is 2.12 bits per heavy atom. The lowest BCUT2D eigenvalue weighted by Crippen LogP contribution is -2.26. The van der Waals surface area contributed by atoms with Crippen molar-refractivity contribution >= 4 is 17.5 Å². The Kier molecular flexibility index (Phi) is 5.23. The molecule has 0 saturated carbocycles. The van der Waals surface area contributed by atoms with Crippen LogP contribution in [0.5, 0.6) is 0 Å². The molecule has 4 heterocycles. The molecule has 2 aliphatic rings. The van der Waals surface area contributed by atoms with Crippen LogP contribution in [-0.4, -0.2) is 62.2 Å².